The second-order valence-electron chi connectivity index (χ2n) is 8.24. The van der Waals surface area contributed by atoms with Gasteiger partial charge in [0.25, 0.3) is 0 Å². The van der Waals surface area contributed by atoms with E-state index in [0.29, 0.717) is 0 Å². The molecule has 0 atom stereocenters. The molecule has 1 aliphatic carbocycles. The van der Waals surface area contributed by atoms with Crippen LogP contribution in [-0.4, -0.2) is 4.57 Å². The maximum atomic E-state index is 4.14. The van der Waals surface area contributed by atoms with Crippen molar-refractivity contribution >= 4 is 45.1 Å². The fourth-order valence-corrected chi connectivity index (χ4v) is 4.75. The third-order valence-corrected chi connectivity index (χ3v) is 6.30. The SMILES string of the molecule is C=Cc1c(/C=C\C)n(C2=CC=C(c3ccc(C)cc3)CC2)c2c1ccc1ccccc12. The van der Waals surface area contributed by atoms with Gasteiger partial charge in [-0.2, -0.15) is 0 Å². The minimum absolute atomic E-state index is 1.01. The van der Waals surface area contributed by atoms with Gasteiger partial charge in [-0.15, -0.1) is 0 Å². The summed E-state index contributed by atoms with van der Waals surface area (Å²) in [5.74, 6) is 0. The van der Waals surface area contributed by atoms with Gasteiger partial charge in [0.2, 0.25) is 0 Å². The Bertz CT molecular complexity index is 1390. The van der Waals surface area contributed by atoms with Gasteiger partial charge in [-0.1, -0.05) is 91.0 Å². The summed E-state index contributed by atoms with van der Waals surface area (Å²) in [5, 5.41) is 3.81. The number of allylic oxidation sites excluding steroid dienone is 5. The van der Waals surface area contributed by atoms with Gasteiger partial charge in [-0.3, -0.25) is 0 Å². The molecule has 0 amide bonds. The fourth-order valence-electron chi connectivity index (χ4n) is 4.75. The Hall–Kier alpha value is -3.58. The van der Waals surface area contributed by atoms with E-state index in [9.17, 15) is 0 Å². The predicted molar refractivity (Wildman–Crippen MR) is 137 cm³/mol. The Labute approximate surface area is 184 Å². The third-order valence-electron chi connectivity index (χ3n) is 6.30. The van der Waals surface area contributed by atoms with Gasteiger partial charge in [-0.25, -0.2) is 0 Å². The molecule has 0 fully saturated rings. The topological polar surface area (TPSA) is 4.93 Å². The summed E-state index contributed by atoms with van der Waals surface area (Å²) in [5.41, 5.74) is 9.05. The van der Waals surface area contributed by atoms with E-state index in [1.807, 2.05) is 6.08 Å². The predicted octanol–water partition coefficient (Wildman–Crippen LogP) is 8.50. The van der Waals surface area contributed by atoms with Crippen LogP contribution >= 0.6 is 0 Å². The molecule has 0 saturated heterocycles. The molecule has 1 heterocycles. The van der Waals surface area contributed by atoms with Crippen molar-refractivity contribution in [2.75, 3.05) is 0 Å². The summed E-state index contributed by atoms with van der Waals surface area (Å²) in [7, 11) is 0. The molecule has 0 unspecified atom stereocenters. The summed E-state index contributed by atoms with van der Waals surface area (Å²) in [4.78, 5) is 0. The van der Waals surface area contributed by atoms with Gasteiger partial charge in [0, 0.05) is 22.0 Å². The van der Waals surface area contributed by atoms with Crippen LogP contribution in [0.5, 0.6) is 0 Å². The number of aryl methyl sites for hydroxylation is 1. The van der Waals surface area contributed by atoms with Gasteiger partial charge in [0.05, 0.1) is 11.2 Å². The van der Waals surface area contributed by atoms with Gasteiger partial charge in [0.15, 0.2) is 0 Å². The van der Waals surface area contributed by atoms with Crippen molar-refractivity contribution in [2.24, 2.45) is 0 Å². The number of fused-ring (bicyclic) bond motifs is 3. The third kappa shape index (κ3) is 3.27. The molecule has 5 rings (SSSR count). The van der Waals surface area contributed by atoms with Gasteiger partial charge in [-0.05, 0) is 55.4 Å². The van der Waals surface area contributed by atoms with Crippen LogP contribution in [0.2, 0.25) is 0 Å². The fraction of sp³-hybridized carbons (Fsp3) is 0.133. The zero-order valence-electron chi connectivity index (χ0n) is 18.2. The lowest BCUT2D eigenvalue weighted by molar-refractivity contribution is 0.969. The van der Waals surface area contributed by atoms with Crippen molar-refractivity contribution in [3.05, 3.63) is 108 Å². The Morgan fingerprint density at radius 2 is 1.68 bits per heavy atom. The number of benzene rings is 3. The molecule has 152 valence electrons. The van der Waals surface area contributed by atoms with E-state index >= 15 is 0 Å². The first-order valence-corrected chi connectivity index (χ1v) is 11.0. The molecule has 0 spiro atoms. The smallest absolute Gasteiger partial charge is 0.0616 e. The van der Waals surface area contributed by atoms with Crippen molar-refractivity contribution in [1.29, 1.82) is 0 Å². The average molecular weight is 402 g/mol. The molecule has 3 aromatic carbocycles. The molecule has 4 aromatic rings. The molecular weight excluding hydrogens is 374 g/mol. The molecule has 1 aliphatic rings. The molecule has 0 saturated carbocycles. The molecule has 0 bridgehead atoms. The first kappa shape index (κ1) is 19.4. The number of nitrogens with zero attached hydrogens (tertiary/aromatic N) is 1. The molecular formula is C30H27N. The molecule has 1 aromatic heterocycles. The largest absolute Gasteiger partial charge is 0.312 e. The van der Waals surface area contributed by atoms with Gasteiger partial charge < -0.3 is 4.57 Å². The van der Waals surface area contributed by atoms with Crippen LogP contribution in [0.15, 0.2) is 85.5 Å². The Morgan fingerprint density at radius 1 is 0.871 bits per heavy atom. The van der Waals surface area contributed by atoms with Crippen molar-refractivity contribution in [3.8, 4) is 0 Å². The lowest BCUT2D eigenvalue weighted by Gasteiger charge is -2.19. The van der Waals surface area contributed by atoms with Gasteiger partial charge >= 0.3 is 0 Å². The van der Waals surface area contributed by atoms with Crippen LogP contribution in [0, 0.1) is 6.92 Å². The zero-order valence-corrected chi connectivity index (χ0v) is 18.2. The van der Waals surface area contributed by atoms with Crippen molar-refractivity contribution in [1.82, 2.24) is 4.57 Å². The summed E-state index contributed by atoms with van der Waals surface area (Å²) in [6.45, 7) is 8.36. The number of rotatable bonds is 4. The van der Waals surface area contributed by atoms with E-state index in [-0.39, 0.29) is 0 Å². The summed E-state index contributed by atoms with van der Waals surface area (Å²) in [6, 6.07) is 22.0. The van der Waals surface area contributed by atoms with Crippen molar-refractivity contribution < 1.29 is 0 Å². The highest BCUT2D eigenvalue weighted by Crippen LogP contribution is 2.39. The lowest BCUT2D eigenvalue weighted by Crippen LogP contribution is -2.03. The Balaban J connectivity index is 1.76. The minimum atomic E-state index is 1.01. The van der Waals surface area contributed by atoms with Crippen LogP contribution in [-0.2, 0) is 0 Å². The second kappa shape index (κ2) is 7.92. The van der Waals surface area contributed by atoms with Crippen molar-refractivity contribution in [2.45, 2.75) is 26.7 Å². The molecule has 31 heavy (non-hydrogen) atoms. The average Bonchev–Trinajstić information content (AvgIpc) is 3.13. The maximum Gasteiger partial charge on any atom is 0.0616 e. The summed E-state index contributed by atoms with van der Waals surface area (Å²) < 4.78 is 2.46. The summed E-state index contributed by atoms with van der Waals surface area (Å²) >= 11 is 0. The lowest BCUT2D eigenvalue weighted by atomic mass is 9.95. The van der Waals surface area contributed by atoms with Crippen LogP contribution in [0.25, 0.3) is 45.1 Å². The maximum absolute atomic E-state index is 4.14. The Morgan fingerprint density at radius 3 is 2.39 bits per heavy atom. The highest BCUT2D eigenvalue weighted by atomic mass is 15.0. The molecule has 0 N–H and O–H groups in total. The minimum Gasteiger partial charge on any atom is -0.312 e. The van der Waals surface area contributed by atoms with E-state index in [4.69, 9.17) is 0 Å². The molecule has 1 nitrogen and oxygen atoms in total. The standard InChI is InChI=1S/C30H27N/c1-4-8-29-26(5-2)28-20-17-24-9-6-7-10-27(24)30(28)31(29)25-18-15-23(16-19-25)22-13-11-21(3)12-14-22/h4-15,17-18,20H,2,16,19H2,1,3H3/b8-4-. The van der Waals surface area contributed by atoms with E-state index < -0.39 is 0 Å². The van der Waals surface area contributed by atoms with Crippen molar-refractivity contribution in [3.63, 3.8) is 0 Å². The highest BCUT2D eigenvalue weighted by molar-refractivity contribution is 6.11. The second-order valence-corrected chi connectivity index (χ2v) is 8.24. The monoisotopic (exact) mass is 401 g/mol. The van der Waals surface area contributed by atoms with E-state index in [1.54, 1.807) is 0 Å². The van der Waals surface area contributed by atoms with E-state index in [1.165, 1.54) is 55.3 Å². The zero-order chi connectivity index (χ0) is 21.4. The first-order chi connectivity index (χ1) is 15.2. The molecule has 1 heteroatoms. The van der Waals surface area contributed by atoms with Crippen LogP contribution < -0.4 is 0 Å². The van der Waals surface area contributed by atoms with E-state index in [0.717, 1.165) is 12.8 Å². The Kier molecular flexibility index (Phi) is 4.95. The molecule has 0 radical (unpaired) electrons. The highest BCUT2D eigenvalue weighted by Gasteiger charge is 2.20. The van der Waals surface area contributed by atoms with Crippen LogP contribution in [0.3, 0.4) is 0 Å². The number of aromatic nitrogens is 1. The first-order valence-electron chi connectivity index (χ1n) is 11.0. The number of hydrogen-bond donors (Lipinski definition) is 0. The normalized spacial score (nSPS) is 14.3. The van der Waals surface area contributed by atoms with Crippen LogP contribution in [0.4, 0.5) is 0 Å². The van der Waals surface area contributed by atoms with E-state index in [2.05, 4.69) is 110 Å². The molecule has 0 aliphatic heterocycles. The quantitative estimate of drug-likeness (QED) is 0.323. The number of hydrogen-bond acceptors (Lipinski definition) is 0. The van der Waals surface area contributed by atoms with Gasteiger partial charge in [0.1, 0.15) is 0 Å². The van der Waals surface area contributed by atoms with Crippen LogP contribution in [0.1, 0.15) is 42.1 Å². The summed E-state index contributed by atoms with van der Waals surface area (Å²) in [6.07, 6.45) is 13.0.